The third-order valence-corrected chi connectivity index (χ3v) is 2.65. The van der Waals surface area contributed by atoms with Crippen molar-refractivity contribution in [1.82, 2.24) is 5.32 Å². The number of likely N-dealkylation sites (N-methyl/N-ethyl adjacent to an activating group) is 1. The fourth-order valence-corrected chi connectivity index (χ4v) is 1.51. The zero-order valence-electron chi connectivity index (χ0n) is 13.4. The lowest BCUT2D eigenvalue weighted by Gasteiger charge is -2.14. The standard InChI is InChI=1S/C14H29NO6/c1-4-21-14(16)13(15-2)5-6-18-9-10-20-12-11-19-8-7-17-3/h13,15H,4-12H2,1-3H3. The zero-order chi connectivity index (χ0) is 15.8. The molecule has 0 aromatic carbocycles. The van der Waals surface area contributed by atoms with Crippen LogP contribution in [0.15, 0.2) is 0 Å². The third kappa shape index (κ3) is 12.7. The molecule has 0 aliphatic heterocycles. The highest BCUT2D eigenvalue weighted by molar-refractivity contribution is 5.75. The lowest BCUT2D eigenvalue weighted by Crippen LogP contribution is -2.36. The van der Waals surface area contributed by atoms with Gasteiger partial charge in [-0.3, -0.25) is 4.79 Å². The Kier molecular flexibility index (Phi) is 15.1. The molecule has 0 aliphatic carbocycles. The molecule has 0 aromatic heterocycles. The highest BCUT2D eigenvalue weighted by Gasteiger charge is 2.16. The number of rotatable bonds is 15. The van der Waals surface area contributed by atoms with Crippen molar-refractivity contribution in [3.63, 3.8) is 0 Å². The minimum Gasteiger partial charge on any atom is -0.465 e. The fraction of sp³-hybridized carbons (Fsp3) is 0.929. The van der Waals surface area contributed by atoms with Gasteiger partial charge in [0.25, 0.3) is 0 Å². The van der Waals surface area contributed by atoms with E-state index in [1.807, 2.05) is 0 Å². The summed E-state index contributed by atoms with van der Waals surface area (Å²) in [5.41, 5.74) is 0. The molecule has 1 atom stereocenters. The van der Waals surface area contributed by atoms with E-state index in [0.29, 0.717) is 59.3 Å². The number of hydrogen-bond donors (Lipinski definition) is 1. The minimum atomic E-state index is -0.319. The van der Waals surface area contributed by atoms with Crippen molar-refractivity contribution in [2.75, 3.05) is 67.0 Å². The first-order chi connectivity index (χ1) is 10.3. The third-order valence-electron chi connectivity index (χ3n) is 2.65. The number of nitrogens with one attached hydrogen (secondary N) is 1. The monoisotopic (exact) mass is 307 g/mol. The molecule has 7 nitrogen and oxygen atoms in total. The molecule has 7 heteroatoms. The van der Waals surface area contributed by atoms with Crippen molar-refractivity contribution >= 4 is 5.97 Å². The summed E-state index contributed by atoms with van der Waals surface area (Å²) in [6.07, 6.45) is 0.579. The molecule has 0 rings (SSSR count). The molecule has 0 aliphatic rings. The Morgan fingerprint density at radius 2 is 1.48 bits per heavy atom. The van der Waals surface area contributed by atoms with Crippen molar-refractivity contribution < 1.29 is 28.5 Å². The largest absolute Gasteiger partial charge is 0.465 e. The molecule has 1 unspecified atom stereocenters. The van der Waals surface area contributed by atoms with Crippen LogP contribution in [-0.2, 0) is 28.5 Å². The summed E-state index contributed by atoms with van der Waals surface area (Å²) >= 11 is 0. The van der Waals surface area contributed by atoms with E-state index < -0.39 is 0 Å². The van der Waals surface area contributed by atoms with E-state index in [0.717, 1.165) is 0 Å². The SMILES string of the molecule is CCOC(=O)C(CCOCCOCCOCCOC)NC. The molecule has 126 valence electrons. The van der Waals surface area contributed by atoms with Crippen LogP contribution >= 0.6 is 0 Å². The first-order valence-electron chi connectivity index (χ1n) is 7.32. The molecule has 1 N–H and O–H groups in total. The molecule has 0 spiro atoms. The first-order valence-corrected chi connectivity index (χ1v) is 7.32. The van der Waals surface area contributed by atoms with Crippen LogP contribution in [0.1, 0.15) is 13.3 Å². The Morgan fingerprint density at radius 3 is 1.95 bits per heavy atom. The second-order valence-electron chi connectivity index (χ2n) is 4.21. The summed E-state index contributed by atoms with van der Waals surface area (Å²) in [6.45, 7) is 5.93. The van der Waals surface area contributed by atoms with E-state index in [2.05, 4.69) is 5.32 Å². The van der Waals surface area contributed by atoms with Gasteiger partial charge in [-0.05, 0) is 20.4 Å². The van der Waals surface area contributed by atoms with Crippen LogP contribution in [0.5, 0.6) is 0 Å². The van der Waals surface area contributed by atoms with Gasteiger partial charge in [-0.15, -0.1) is 0 Å². The van der Waals surface area contributed by atoms with Gasteiger partial charge in [0, 0.05) is 13.7 Å². The lowest BCUT2D eigenvalue weighted by atomic mass is 10.2. The van der Waals surface area contributed by atoms with Gasteiger partial charge < -0.3 is 29.0 Å². The maximum Gasteiger partial charge on any atom is 0.323 e. The molecular formula is C14H29NO6. The predicted molar refractivity (Wildman–Crippen MR) is 78.4 cm³/mol. The van der Waals surface area contributed by atoms with Crippen molar-refractivity contribution in [2.45, 2.75) is 19.4 Å². The van der Waals surface area contributed by atoms with Crippen LogP contribution in [0.3, 0.4) is 0 Å². The molecule has 0 heterocycles. The van der Waals surface area contributed by atoms with E-state index in [1.165, 1.54) is 0 Å². The van der Waals surface area contributed by atoms with E-state index in [4.69, 9.17) is 23.7 Å². The van der Waals surface area contributed by atoms with Crippen molar-refractivity contribution in [1.29, 1.82) is 0 Å². The number of methoxy groups -OCH3 is 1. The number of carbonyl (C=O) groups is 1. The lowest BCUT2D eigenvalue weighted by molar-refractivity contribution is -0.146. The van der Waals surface area contributed by atoms with Crippen LogP contribution in [-0.4, -0.2) is 79.0 Å². The topological polar surface area (TPSA) is 75.3 Å². The summed E-state index contributed by atoms with van der Waals surface area (Å²) in [4.78, 5) is 11.5. The van der Waals surface area contributed by atoms with Gasteiger partial charge in [0.05, 0.1) is 46.2 Å². The Hall–Kier alpha value is -0.730. The average molecular weight is 307 g/mol. The van der Waals surface area contributed by atoms with Crippen molar-refractivity contribution in [3.05, 3.63) is 0 Å². The smallest absolute Gasteiger partial charge is 0.323 e. The number of esters is 1. The second-order valence-corrected chi connectivity index (χ2v) is 4.21. The van der Waals surface area contributed by atoms with Crippen LogP contribution in [0.25, 0.3) is 0 Å². The summed E-state index contributed by atoms with van der Waals surface area (Å²) in [5.74, 6) is -0.243. The Labute approximate surface area is 127 Å². The molecule has 0 fully saturated rings. The Bertz CT molecular complexity index is 240. The van der Waals surface area contributed by atoms with E-state index in [-0.39, 0.29) is 12.0 Å². The minimum absolute atomic E-state index is 0.243. The molecule has 21 heavy (non-hydrogen) atoms. The van der Waals surface area contributed by atoms with Gasteiger partial charge in [-0.2, -0.15) is 0 Å². The van der Waals surface area contributed by atoms with Crippen molar-refractivity contribution in [3.8, 4) is 0 Å². The quantitative estimate of drug-likeness (QED) is 0.343. The van der Waals surface area contributed by atoms with Gasteiger partial charge in [-0.25, -0.2) is 0 Å². The average Bonchev–Trinajstić information content (AvgIpc) is 2.48. The van der Waals surface area contributed by atoms with Crippen LogP contribution in [0.4, 0.5) is 0 Å². The molecule has 0 bridgehead atoms. The Balaban J connectivity index is 3.32. The fourth-order valence-electron chi connectivity index (χ4n) is 1.51. The second kappa shape index (κ2) is 15.7. The molecular weight excluding hydrogens is 278 g/mol. The molecule has 0 amide bonds. The predicted octanol–water partition coefficient (Wildman–Crippen LogP) is 0.224. The molecule has 0 radical (unpaired) electrons. The van der Waals surface area contributed by atoms with Gasteiger partial charge in [-0.1, -0.05) is 0 Å². The number of ether oxygens (including phenoxy) is 5. The van der Waals surface area contributed by atoms with Gasteiger partial charge in [0.2, 0.25) is 0 Å². The highest BCUT2D eigenvalue weighted by Crippen LogP contribution is 1.96. The van der Waals surface area contributed by atoms with Crippen LogP contribution in [0, 0.1) is 0 Å². The number of hydrogen-bond acceptors (Lipinski definition) is 7. The summed E-state index contributed by atoms with van der Waals surface area (Å²) < 4.78 is 25.8. The number of carbonyl (C=O) groups excluding carboxylic acids is 1. The van der Waals surface area contributed by atoms with E-state index in [1.54, 1.807) is 21.1 Å². The van der Waals surface area contributed by atoms with Crippen molar-refractivity contribution in [2.24, 2.45) is 0 Å². The first kappa shape index (κ1) is 20.3. The summed E-state index contributed by atoms with van der Waals surface area (Å²) in [6, 6.07) is -0.319. The molecule has 0 saturated carbocycles. The summed E-state index contributed by atoms with van der Waals surface area (Å²) in [5, 5.41) is 2.91. The van der Waals surface area contributed by atoms with Crippen LogP contribution < -0.4 is 5.32 Å². The van der Waals surface area contributed by atoms with E-state index >= 15 is 0 Å². The van der Waals surface area contributed by atoms with Gasteiger partial charge >= 0.3 is 5.97 Å². The highest BCUT2D eigenvalue weighted by atomic mass is 16.6. The molecule has 0 aromatic rings. The summed E-state index contributed by atoms with van der Waals surface area (Å²) in [7, 11) is 3.37. The molecule has 0 saturated heterocycles. The van der Waals surface area contributed by atoms with Gasteiger partial charge in [0.1, 0.15) is 6.04 Å². The van der Waals surface area contributed by atoms with Crippen LogP contribution in [0.2, 0.25) is 0 Å². The normalized spacial score (nSPS) is 12.3. The Morgan fingerprint density at radius 1 is 0.952 bits per heavy atom. The maximum absolute atomic E-state index is 11.5. The van der Waals surface area contributed by atoms with Gasteiger partial charge in [0.15, 0.2) is 0 Å². The maximum atomic E-state index is 11.5. The van der Waals surface area contributed by atoms with E-state index in [9.17, 15) is 4.79 Å². The zero-order valence-corrected chi connectivity index (χ0v) is 13.4.